The Morgan fingerprint density at radius 3 is 2.48 bits per heavy atom. The molecule has 2 aromatic carbocycles. The molecule has 2 rings (SSSR count). The fourth-order valence-electron chi connectivity index (χ4n) is 2.83. The molecule has 0 radical (unpaired) electrons. The van der Waals surface area contributed by atoms with E-state index in [0.717, 1.165) is 11.1 Å². The summed E-state index contributed by atoms with van der Waals surface area (Å²) in [5, 5.41) is 5.64. The fourth-order valence-corrected chi connectivity index (χ4v) is 2.83. The van der Waals surface area contributed by atoms with E-state index >= 15 is 0 Å². The molecule has 0 saturated carbocycles. The van der Waals surface area contributed by atoms with Gasteiger partial charge in [0.1, 0.15) is 5.82 Å². The highest BCUT2D eigenvalue weighted by Crippen LogP contribution is 2.30. The van der Waals surface area contributed by atoms with Gasteiger partial charge in [0.25, 0.3) is 0 Å². The van der Waals surface area contributed by atoms with E-state index in [2.05, 4.69) is 10.6 Å². The van der Waals surface area contributed by atoms with Crippen LogP contribution in [0.3, 0.4) is 0 Å². The lowest BCUT2D eigenvalue weighted by atomic mass is 10.1. The molecule has 27 heavy (non-hydrogen) atoms. The number of halogens is 1. The minimum absolute atomic E-state index is 0.141. The quantitative estimate of drug-likeness (QED) is 0.745. The number of nitrogens with zero attached hydrogens (tertiary/aromatic N) is 1. The lowest BCUT2D eigenvalue weighted by molar-refractivity contribution is 0.232. The molecule has 0 bridgehead atoms. The van der Waals surface area contributed by atoms with Crippen molar-refractivity contribution in [1.29, 1.82) is 0 Å². The molecule has 2 amide bonds. The molecule has 0 saturated heterocycles. The number of likely N-dealkylation sites (N-methyl/N-ethyl adjacent to an activating group) is 1. The third kappa shape index (κ3) is 5.59. The van der Waals surface area contributed by atoms with Crippen molar-refractivity contribution < 1.29 is 18.7 Å². The molecular weight excluding hydrogens is 349 g/mol. The summed E-state index contributed by atoms with van der Waals surface area (Å²) in [5.41, 5.74) is 1.61. The van der Waals surface area contributed by atoms with Crippen LogP contribution in [0.4, 0.5) is 9.18 Å². The van der Waals surface area contributed by atoms with Crippen LogP contribution >= 0.6 is 0 Å². The van der Waals surface area contributed by atoms with Crippen LogP contribution in [0.25, 0.3) is 0 Å². The summed E-state index contributed by atoms with van der Waals surface area (Å²) in [5.74, 6) is 0.899. The molecule has 0 aliphatic carbocycles. The van der Waals surface area contributed by atoms with E-state index in [9.17, 15) is 9.18 Å². The number of rotatable bonds is 8. The second kappa shape index (κ2) is 9.78. The Labute approximate surface area is 159 Å². The molecule has 146 valence electrons. The first-order valence-corrected chi connectivity index (χ1v) is 8.59. The van der Waals surface area contributed by atoms with Crippen molar-refractivity contribution in [3.63, 3.8) is 0 Å². The summed E-state index contributed by atoms with van der Waals surface area (Å²) in [6.45, 7) is 0.635. The predicted molar refractivity (Wildman–Crippen MR) is 103 cm³/mol. The zero-order valence-electron chi connectivity index (χ0n) is 16.1. The third-order valence-corrected chi connectivity index (χ3v) is 4.24. The van der Waals surface area contributed by atoms with Crippen LogP contribution in [0.2, 0.25) is 0 Å². The normalized spacial score (nSPS) is 11.8. The van der Waals surface area contributed by atoms with Gasteiger partial charge in [-0.1, -0.05) is 24.3 Å². The fraction of sp³-hybridized carbons (Fsp3) is 0.350. The molecule has 6 nitrogen and oxygen atoms in total. The zero-order valence-corrected chi connectivity index (χ0v) is 16.1. The Balaban J connectivity index is 1.95. The van der Waals surface area contributed by atoms with Gasteiger partial charge < -0.3 is 25.0 Å². The highest BCUT2D eigenvalue weighted by Gasteiger charge is 2.16. The maximum absolute atomic E-state index is 13.5. The highest BCUT2D eigenvalue weighted by molar-refractivity contribution is 5.74. The summed E-state index contributed by atoms with van der Waals surface area (Å²) >= 11 is 0. The number of ether oxygens (including phenoxy) is 2. The van der Waals surface area contributed by atoms with Gasteiger partial charge >= 0.3 is 6.03 Å². The summed E-state index contributed by atoms with van der Waals surface area (Å²) < 4.78 is 24.1. The van der Waals surface area contributed by atoms with Gasteiger partial charge in [0, 0.05) is 18.7 Å². The number of hydrogen-bond donors (Lipinski definition) is 2. The maximum atomic E-state index is 13.5. The first kappa shape index (κ1) is 20.5. The Kier molecular flexibility index (Phi) is 7.43. The SMILES string of the molecule is COc1cccc(CNC(=O)NCC(c2cccc(F)c2)N(C)C)c1OC. The molecule has 2 aromatic rings. The molecule has 7 heteroatoms. The summed E-state index contributed by atoms with van der Waals surface area (Å²) in [7, 11) is 6.89. The maximum Gasteiger partial charge on any atom is 0.315 e. The first-order valence-electron chi connectivity index (χ1n) is 8.59. The van der Waals surface area contributed by atoms with Gasteiger partial charge in [0.05, 0.1) is 20.3 Å². The number of amides is 2. The van der Waals surface area contributed by atoms with Crippen LogP contribution in [0.5, 0.6) is 11.5 Å². The second-order valence-electron chi connectivity index (χ2n) is 6.25. The number of urea groups is 1. The van der Waals surface area contributed by atoms with Gasteiger partial charge in [-0.3, -0.25) is 0 Å². The molecule has 0 aliphatic rings. The monoisotopic (exact) mass is 375 g/mol. The van der Waals surface area contributed by atoms with E-state index in [4.69, 9.17) is 9.47 Å². The number of carbonyl (C=O) groups excluding carboxylic acids is 1. The van der Waals surface area contributed by atoms with Crippen LogP contribution in [-0.4, -0.2) is 45.8 Å². The van der Waals surface area contributed by atoms with Crippen molar-refractivity contribution >= 4 is 6.03 Å². The number of carbonyl (C=O) groups is 1. The molecule has 1 unspecified atom stereocenters. The van der Waals surface area contributed by atoms with Crippen molar-refractivity contribution in [3.8, 4) is 11.5 Å². The Bertz CT molecular complexity index is 768. The van der Waals surface area contributed by atoms with Crippen LogP contribution in [0.15, 0.2) is 42.5 Å². The van der Waals surface area contributed by atoms with Gasteiger partial charge in [-0.15, -0.1) is 0 Å². The zero-order chi connectivity index (χ0) is 19.8. The van der Waals surface area contributed by atoms with Crippen molar-refractivity contribution in [2.75, 3.05) is 34.9 Å². The van der Waals surface area contributed by atoms with Gasteiger partial charge in [-0.05, 0) is 37.9 Å². The minimum Gasteiger partial charge on any atom is -0.493 e. The second-order valence-corrected chi connectivity index (χ2v) is 6.25. The molecule has 0 heterocycles. The Morgan fingerprint density at radius 2 is 1.85 bits per heavy atom. The first-order chi connectivity index (χ1) is 13.0. The molecule has 0 fully saturated rings. The van der Waals surface area contributed by atoms with E-state index in [1.807, 2.05) is 37.2 Å². The minimum atomic E-state index is -0.317. The van der Waals surface area contributed by atoms with Crippen molar-refractivity contribution in [3.05, 3.63) is 59.4 Å². The number of methoxy groups -OCH3 is 2. The number of para-hydroxylation sites is 1. The van der Waals surface area contributed by atoms with Crippen LogP contribution < -0.4 is 20.1 Å². The van der Waals surface area contributed by atoms with Gasteiger partial charge in [0.2, 0.25) is 0 Å². The molecule has 0 aliphatic heterocycles. The Morgan fingerprint density at radius 1 is 1.11 bits per heavy atom. The van der Waals surface area contributed by atoms with E-state index < -0.39 is 0 Å². The van der Waals surface area contributed by atoms with Gasteiger partial charge in [-0.25, -0.2) is 9.18 Å². The van der Waals surface area contributed by atoms with Gasteiger partial charge in [-0.2, -0.15) is 0 Å². The largest absolute Gasteiger partial charge is 0.493 e. The summed E-state index contributed by atoms with van der Waals surface area (Å²) in [6, 6.07) is 11.4. The molecule has 0 aromatic heterocycles. The van der Waals surface area contributed by atoms with E-state index in [1.54, 1.807) is 26.4 Å². The lowest BCUT2D eigenvalue weighted by Crippen LogP contribution is -2.40. The number of benzene rings is 2. The number of hydrogen-bond acceptors (Lipinski definition) is 4. The molecular formula is C20H26FN3O3. The summed E-state index contributed by atoms with van der Waals surface area (Å²) in [4.78, 5) is 14.1. The van der Waals surface area contributed by atoms with E-state index in [-0.39, 0.29) is 17.9 Å². The van der Waals surface area contributed by atoms with Crippen LogP contribution in [0, 0.1) is 5.82 Å². The van der Waals surface area contributed by atoms with Crippen molar-refractivity contribution in [2.24, 2.45) is 0 Å². The van der Waals surface area contributed by atoms with Gasteiger partial charge in [0.15, 0.2) is 11.5 Å². The standard InChI is InChI=1S/C20H26FN3O3/c1-24(2)17(14-7-5-9-16(21)11-14)13-23-20(25)22-12-15-8-6-10-18(26-3)19(15)27-4/h5-11,17H,12-13H2,1-4H3,(H2,22,23,25). The smallest absolute Gasteiger partial charge is 0.315 e. The van der Waals surface area contributed by atoms with E-state index in [0.29, 0.717) is 24.6 Å². The highest BCUT2D eigenvalue weighted by atomic mass is 19.1. The summed E-state index contributed by atoms with van der Waals surface area (Å²) in [6.07, 6.45) is 0. The van der Waals surface area contributed by atoms with Crippen molar-refractivity contribution in [1.82, 2.24) is 15.5 Å². The number of nitrogens with one attached hydrogen (secondary N) is 2. The average molecular weight is 375 g/mol. The molecule has 0 spiro atoms. The predicted octanol–water partition coefficient (Wildman–Crippen LogP) is 2.95. The molecule has 1 atom stereocenters. The van der Waals surface area contributed by atoms with Crippen molar-refractivity contribution in [2.45, 2.75) is 12.6 Å². The average Bonchev–Trinajstić information content (AvgIpc) is 2.65. The lowest BCUT2D eigenvalue weighted by Gasteiger charge is -2.25. The third-order valence-electron chi connectivity index (χ3n) is 4.24. The van der Waals surface area contributed by atoms with Crippen LogP contribution in [0.1, 0.15) is 17.2 Å². The van der Waals surface area contributed by atoms with Crippen LogP contribution in [-0.2, 0) is 6.54 Å². The Hall–Kier alpha value is -2.80. The molecule has 2 N–H and O–H groups in total. The van der Waals surface area contributed by atoms with E-state index in [1.165, 1.54) is 12.1 Å². The topological polar surface area (TPSA) is 62.8 Å².